The van der Waals surface area contributed by atoms with E-state index in [4.69, 9.17) is 4.74 Å². The van der Waals surface area contributed by atoms with Crippen LogP contribution in [0.15, 0.2) is 46.4 Å². The number of carbonyl (C=O) groups excluding carboxylic acids is 1. The molecule has 208 valence electrons. The molecule has 1 aromatic carbocycles. The number of ether oxygens (including phenoxy) is 1. The highest BCUT2D eigenvalue weighted by atomic mass is 19.4. The van der Waals surface area contributed by atoms with Gasteiger partial charge in [0.15, 0.2) is 24.0 Å². The Bertz CT molecular complexity index is 1740. The molecule has 0 fully saturated rings. The lowest BCUT2D eigenvalue weighted by molar-refractivity contribution is -0.138. The minimum atomic E-state index is -4.86. The summed E-state index contributed by atoms with van der Waals surface area (Å²) in [5, 5.41) is 11.0. The van der Waals surface area contributed by atoms with Gasteiger partial charge >= 0.3 is 6.18 Å². The minimum Gasteiger partial charge on any atom is -0.478 e. The Morgan fingerprint density at radius 2 is 2.00 bits per heavy atom. The number of hydrogen-bond acceptors (Lipinski definition) is 8. The predicted octanol–water partition coefficient (Wildman–Crippen LogP) is 3.31. The summed E-state index contributed by atoms with van der Waals surface area (Å²) in [6.07, 6.45) is -0.342. The number of pyridine rings is 1. The molecule has 1 aliphatic rings. The number of nitrogens with one attached hydrogen (secondary N) is 3. The van der Waals surface area contributed by atoms with Gasteiger partial charge in [0, 0.05) is 18.8 Å². The minimum absolute atomic E-state index is 0.00102. The normalized spacial score (nSPS) is 13.9. The first kappa shape index (κ1) is 26.8. The molecule has 0 radical (unpaired) electrons. The maximum atomic E-state index is 15.1. The van der Waals surface area contributed by atoms with Crippen LogP contribution in [0.5, 0.6) is 5.75 Å². The first-order valence-corrected chi connectivity index (χ1v) is 12.1. The van der Waals surface area contributed by atoms with Crippen LogP contribution in [0, 0.1) is 5.82 Å². The average Bonchev–Trinajstić information content (AvgIpc) is 2.89. The smallest absolute Gasteiger partial charge is 0.423 e. The maximum Gasteiger partial charge on any atom is 0.423 e. The van der Waals surface area contributed by atoms with Gasteiger partial charge in [-0.15, -0.1) is 0 Å². The topological polar surface area (TPSA) is 144 Å². The van der Waals surface area contributed by atoms with Gasteiger partial charge < -0.3 is 19.9 Å². The number of anilines is 2. The number of nitrogens with zero attached hydrogens (tertiary/aromatic N) is 4. The van der Waals surface area contributed by atoms with E-state index in [9.17, 15) is 27.6 Å². The third-order valence-electron chi connectivity index (χ3n) is 6.25. The lowest BCUT2D eigenvalue weighted by Gasteiger charge is -2.18. The fourth-order valence-electron chi connectivity index (χ4n) is 4.35. The third kappa shape index (κ3) is 5.34. The standard InChI is InChI=1S/C25H21F4N7O4/c1-12(32-17-9-31-35-23(38)20(17)25(27,28)29)3-2-5-36-6-4-13-7-15(16(26)8-14(13)24(36)39)21-30-10-18-22(34-21)33-19(37)11-40-18/h4,6-10,12H,2-3,5,11H2,1H3,(H2,32,35,38)(H,30,33,34,37)/t12-/m0/s1. The molecule has 0 spiro atoms. The highest BCUT2D eigenvalue weighted by Crippen LogP contribution is 2.32. The number of amides is 1. The van der Waals surface area contributed by atoms with Gasteiger partial charge in [-0.1, -0.05) is 0 Å². The van der Waals surface area contributed by atoms with E-state index < -0.39 is 46.3 Å². The van der Waals surface area contributed by atoms with Crippen molar-refractivity contribution in [1.82, 2.24) is 24.7 Å². The first-order chi connectivity index (χ1) is 19.0. The van der Waals surface area contributed by atoms with Gasteiger partial charge in [0.1, 0.15) is 11.4 Å². The van der Waals surface area contributed by atoms with Crippen molar-refractivity contribution in [2.75, 3.05) is 17.2 Å². The van der Waals surface area contributed by atoms with Gasteiger partial charge in [0.25, 0.3) is 17.0 Å². The number of halogens is 4. The number of aryl methyl sites for hydroxylation is 1. The summed E-state index contributed by atoms with van der Waals surface area (Å²) in [7, 11) is 0. The number of aromatic amines is 1. The molecule has 0 saturated heterocycles. The van der Waals surface area contributed by atoms with Crippen LogP contribution in [0.3, 0.4) is 0 Å². The molecule has 3 N–H and O–H groups in total. The second-order valence-electron chi connectivity index (χ2n) is 9.15. The second kappa shape index (κ2) is 10.4. The number of benzene rings is 1. The summed E-state index contributed by atoms with van der Waals surface area (Å²) in [5.41, 5.74) is -3.56. The Hall–Kier alpha value is -4.82. The van der Waals surface area contributed by atoms with Crippen molar-refractivity contribution in [2.45, 2.75) is 38.5 Å². The van der Waals surface area contributed by atoms with Crippen LogP contribution in [-0.2, 0) is 17.5 Å². The molecule has 0 saturated carbocycles. The predicted molar refractivity (Wildman–Crippen MR) is 135 cm³/mol. The number of alkyl halides is 3. The summed E-state index contributed by atoms with van der Waals surface area (Å²) in [5.74, 6) is -0.772. The third-order valence-corrected chi connectivity index (χ3v) is 6.25. The number of rotatable bonds is 7. The molecule has 1 aliphatic heterocycles. The Balaban J connectivity index is 1.30. The fourth-order valence-corrected chi connectivity index (χ4v) is 4.35. The lowest BCUT2D eigenvalue weighted by atomic mass is 10.1. The van der Waals surface area contributed by atoms with Gasteiger partial charge in [0.05, 0.1) is 29.0 Å². The molecule has 5 rings (SSSR count). The zero-order valence-corrected chi connectivity index (χ0v) is 20.8. The van der Waals surface area contributed by atoms with Crippen molar-refractivity contribution in [3.05, 3.63) is 68.9 Å². The average molecular weight is 559 g/mol. The molecule has 11 nitrogen and oxygen atoms in total. The Morgan fingerprint density at radius 3 is 2.77 bits per heavy atom. The molecule has 0 unspecified atom stereocenters. The molecule has 40 heavy (non-hydrogen) atoms. The van der Waals surface area contributed by atoms with E-state index in [-0.39, 0.29) is 41.5 Å². The van der Waals surface area contributed by atoms with E-state index in [1.165, 1.54) is 23.0 Å². The van der Waals surface area contributed by atoms with Gasteiger partial charge in [0.2, 0.25) is 0 Å². The van der Waals surface area contributed by atoms with Gasteiger partial charge in [-0.25, -0.2) is 19.5 Å². The zero-order valence-electron chi connectivity index (χ0n) is 20.8. The van der Waals surface area contributed by atoms with Crippen LogP contribution in [0.25, 0.3) is 22.2 Å². The monoisotopic (exact) mass is 559 g/mol. The largest absolute Gasteiger partial charge is 0.478 e. The molecular formula is C25H21F4N7O4. The van der Waals surface area contributed by atoms with E-state index in [1.807, 2.05) is 0 Å². The molecule has 15 heteroatoms. The summed E-state index contributed by atoms with van der Waals surface area (Å²) in [6, 6.07) is 3.67. The maximum absolute atomic E-state index is 15.1. The van der Waals surface area contributed by atoms with Crippen LogP contribution in [0.4, 0.5) is 29.1 Å². The van der Waals surface area contributed by atoms with Crippen LogP contribution >= 0.6 is 0 Å². The quantitative estimate of drug-likeness (QED) is 0.293. The number of hydrogen-bond donors (Lipinski definition) is 3. The first-order valence-electron chi connectivity index (χ1n) is 12.1. The van der Waals surface area contributed by atoms with Crippen molar-refractivity contribution in [2.24, 2.45) is 0 Å². The SMILES string of the molecule is C[C@@H](CCCn1ccc2cc(-c3ncc4c(n3)NC(=O)CO4)c(F)cc2c1=O)Nc1cn[nH]c(=O)c1C(F)(F)F. The molecule has 1 amide bonds. The van der Waals surface area contributed by atoms with Crippen molar-refractivity contribution >= 4 is 28.2 Å². The number of fused-ring (bicyclic) bond motifs is 2. The van der Waals surface area contributed by atoms with E-state index in [0.29, 0.717) is 18.2 Å². The van der Waals surface area contributed by atoms with E-state index in [1.54, 1.807) is 18.1 Å². The van der Waals surface area contributed by atoms with Crippen LogP contribution < -0.4 is 26.5 Å². The summed E-state index contributed by atoms with van der Waals surface area (Å²) in [6.45, 7) is 1.69. The zero-order chi connectivity index (χ0) is 28.6. The molecule has 3 aromatic heterocycles. The highest BCUT2D eigenvalue weighted by molar-refractivity contribution is 5.94. The molecule has 1 atom stereocenters. The molecule has 0 aliphatic carbocycles. The molecule has 4 aromatic rings. The van der Waals surface area contributed by atoms with Gasteiger partial charge in [-0.3, -0.25) is 14.4 Å². The molecular weight excluding hydrogens is 538 g/mol. The summed E-state index contributed by atoms with van der Waals surface area (Å²) >= 11 is 0. The van der Waals surface area contributed by atoms with Crippen molar-refractivity contribution in [3.63, 3.8) is 0 Å². The van der Waals surface area contributed by atoms with E-state index in [0.717, 1.165) is 12.3 Å². The van der Waals surface area contributed by atoms with Crippen LogP contribution in [0.1, 0.15) is 25.3 Å². The van der Waals surface area contributed by atoms with E-state index >= 15 is 4.39 Å². The van der Waals surface area contributed by atoms with E-state index in [2.05, 4.69) is 25.7 Å². The van der Waals surface area contributed by atoms with Gasteiger partial charge in [-0.05, 0) is 43.4 Å². The van der Waals surface area contributed by atoms with Crippen LogP contribution in [-0.4, -0.2) is 43.3 Å². The Labute approximate surface area is 222 Å². The van der Waals surface area contributed by atoms with Crippen molar-refractivity contribution in [3.8, 4) is 17.1 Å². The fraction of sp³-hybridized carbons (Fsp3) is 0.280. The number of carbonyl (C=O) groups is 1. The van der Waals surface area contributed by atoms with Crippen LogP contribution in [0.2, 0.25) is 0 Å². The Kier molecular flexibility index (Phi) is 6.95. The molecule has 4 heterocycles. The highest BCUT2D eigenvalue weighted by Gasteiger charge is 2.37. The van der Waals surface area contributed by atoms with Crippen molar-refractivity contribution in [1.29, 1.82) is 0 Å². The van der Waals surface area contributed by atoms with Gasteiger partial charge in [-0.2, -0.15) is 18.3 Å². The second-order valence-corrected chi connectivity index (χ2v) is 9.15. The summed E-state index contributed by atoms with van der Waals surface area (Å²) < 4.78 is 61.4. The summed E-state index contributed by atoms with van der Waals surface area (Å²) in [4.78, 5) is 44.5. The number of H-pyrrole nitrogens is 1. The Morgan fingerprint density at radius 1 is 1.20 bits per heavy atom. The molecule has 0 bridgehead atoms. The number of aromatic nitrogens is 5. The van der Waals surface area contributed by atoms with Crippen molar-refractivity contribution < 1.29 is 27.1 Å². The lowest BCUT2D eigenvalue weighted by Crippen LogP contribution is -2.27.